The highest BCUT2D eigenvalue weighted by Gasteiger charge is 2.17. The summed E-state index contributed by atoms with van der Waals surface area (Å²) >= 11 is 0. The molecule has 1 fully saturated rings. The van der Waals surface area contributed by atoms with Crippen molar-refractivity contribution in [3.8, 4) is 0 Å². The van der Waals surface area contributed by atoms with Crippen LogP contribution in [0.4, 0.5) is 0 Å². The van der Waals surface area contributed by atoms with E-state index < -0.39 is 0 Å². The van der Waals surface area contributed by atoms with Gasteiger partial charge in [-0.15, -0.1) is 0 Å². The number of nitrogens with one attached hydrogen (secondary N) is 2. The van der Waals surface area contributed by atoms with E-state index >= 15 is 0 Å². The van der Waals surface area contributed by atoms with Gasteiger partial charge in [0.15, 0.2) is 5.65 Å². The number of hydrogen-bond donors (Lipinski definition) is 2. The summed E-state index contributed by atoms with van der Waals surface area (Å²) in [6, 6.07) is 0. The summed E-state index contributed by atoms with van der Waals surface area (Å²) < 4.78 is 0. The molecule has 0 unspecified atom stereocenters. The van der Waals surface area contributed by atoms with Gasteiger partial charge in [-0.1, -0.05) is 25.7 Å². The Labute approximate surface area is 92.3 Å². The van der Waals surface area contributed by atoms with Gasteiger partial charge in [0.2, 0.25) is 0 Å². The van der Waals surface area contributed by atoms with Gasteiger partial charge in [-0.2, -0.15) is 5.10 Å². The lowest BCUT2D eigenvalue weighted by atomic mass is 10.0. The number of fused-ring (bicyclic) bond motifs is 1. The summed E-state index contributed by atoms with van der Waals surface area (Å²) in [7, 11) is 0. The van der Waals surface area contributed by atoms with E-state index in [-0.39, 0.29) is 5.56 Å². The third kappa shape index (κ3) is 1.62. The van der Waals surface area contributed by atoms with Crippen LogP contribution in [0.3, 0.4) is 0 Å². The minimum atomic E-state index is -0.0910. The Morgan fingerprint density at radius 3 is 3.00 bits per heavy atom. The van der Waals surface area contributed by atoms with E-state index in [9.17, 15) is 4.79 Å². The molecule has 2 aromatic heterocycles. The number of H-pyrrole nitrogens is 2. The van der Waals surface area contributed by atoms with Gasteiger partial charge in [0.05, 0.1) is 6.20 Å². The third-order valence-electron chi connectivity index (χ3n) is 3.33. The van der Waals surface area contributed by atoms with E-state index in [2.05, 4.69) is 20.2 Å². The van der Waals surface area contributed by atoms with Crippen LogP contribution in [0, 0.1) is 5.92 Å². The Balaban J connectivity index is 1.94. The van der Waals surface area contributed by atoms with Gasteiger partial charge in [-0.25, -0.2) is 4.98 Å². The molecule has 1 saturated carbocycles. The number of aromatic nitrogens is 4. The summed E-state index contributed by atoms with van der Waals surface area (Å²) in [4.78, 5) is 18.9. The molecular weight excluding hydrogens is 204 g/mol. The molecule has 2 heterocycles. The predicted molar refractivity (Wildman–Crippen MR) is 60.2 cm³/mol. The van der Waals surface area contributed by atoms with Gasteiger partial charge in [-0.05, 0) is 5.92 Å². The van der Waals surface area contributed by atoms with Crippen molar-refractivity contribution in [3.63, 3.8) is 0 Å². The van der Waals surface area contributed by atoms with Crippen molar-refractivity contribution in [1.82, 2.24) is 20.2 Å². The number of nitrogens with zero attached hydrogens (tertiary/aromatic N) is 2. The molecule has 2 N–H and O–H groups in total. The monoisotopic (exact) mass is 218 g/mol. The molecule has 0 aliphatic heterocycles. The molecule has 0 atom stereocenters. The lowest BCUT2D eigenvalue weighted by molar-refractivity contribution is 0.530. The van der Waals surface area contributed by atoms with Crippen molar-refractivity contribution in [3.05, 3.63) is 22.4 Å². The van der Waals surface area contributed by atoms with Crippen LogP contribution in [-0.4, -0.2) is 20.2 Å². The lowest BCUT2D eigenvalue weighted by Gasteiger charge is -2.07. The smallest absolute Gasteiger partial charge is 0.262 e. The third-order valence-corrected chi connectivity index (χ3v) is 3.33. The average Bonchev–Trinajstić information content (AvgIpc) is 2.87. The van der Waals surface area contributed by atoms with Crippen LogP contribution >= 0.6 is 0 Å². The quantitative estimate of drug-likeness (QED) is 0.799. The Kier molecular flexibility index (Phi) is 2.23. The van der Waals surface area contributed by atoms with Crippen molar-refractivity contribution in [2.45, 2.75) is 32.1 Å². The average molecular weight is 218 g/mol. The highest BCUT2D eigenvalue weighted by atomic mass is 16.1. The van der Waals surface area contributed by atoms with Crippen molar-refractivity contribution < 1.29 is 0 Å². The first kappa shape index (κ1) is 9.57. The van der Waals surface area contributed by atoms with Gasteiger partial charge in [0, 0.05) is 6.42 Å². The molecule has 5 heteroatoms. The number of rotatable bonds is 2. The van der Waals surface area contributed by atoms with E-state index in [0.29, 0.717) is 17.0 Å². The predicted octanol–water partition coefficient (Wildman–Crippen LogP) is 1.38. The maximum absolute atomic E-state index is 11.7. The van der Waals surface area contributed by atoms with E-state index in [1.165, 1.54) is 31.9 Å². The van der Waals surface area contributed by atoms with Crippen LogP contribution < -0.4 is 5.56 Å². The summed E-state index contributed by atoms with van der Waals surface area (Å²) in [5.74, 6) is 1.47. The molecule has 0 saturated heterocycles. The van der Waals surface area contributed by atoms with Crippen molar-refractivity contribution in [1.29, 1.82) is 0 Å². The molecule has 84 valence electrons. The Morgan fingerprint density at radius 1 is 1.38 bits per heavy atom. The molecule has 1 aliphatic carbocycles. The summed E-state index contributed by atoms with van der Waals surface area (Å²) in [6.07, 6.45) is 7.52. The second-order valence-electron chi connectivity index (χ2n) is 4.50. The van der Waals surface area contributed by atoms with Crippen molar-refractivity contribution >= 4 is 11.0 Å². The van der Waals surface area contributed by atoms with Crippen molar-refractivity contribution in [2.75, 3.05) is 0 Å². The highest BCUT2D eigenvalue weighted by Crippen LogP contribution is 2.26. The van der Waals surface area contributed by atoms with Gasteiger partial charge in [-0.3, -0.25) is 9.89 Å². The Bertz CT molecular complexity index is 550. The zero-order valence-electron chi connectivity index (χ0n) is 8.99. The van der Waals surface area contributed by atoms with Gasteiger partial charge in [0.25, 0.3) is 5.56 Å². The molecule has 3 rings (SSSR count). The lowest BCUT2D eigenvalue weighted by Crippen LogP contribution is -2.13. The molecule has 16 heavy (non-hydrogen) atoms. The largest absolute Gasteiger partial charge is 0.310 e. The van der Waals surface area contributed by atoms with Crippen LogP contribution in [0.2, 0.25) is 0 Å². The Morgan fingerprint density at radius 2 is 2.19 bits per heavy atom. The maximum Gasteiger partial charge on any atom is 0.262 e. The van der Waals surface area contributed by atoms with E-state index in [1.54, 1.807) is 0 Å². The second-order valence-corrected chi connectivity index (χ2v) is 4.50. The fraction of sp³-hybridized carbons (Fsp3) is 0.545. The first-order valence-corrected chi connectivity index (χ1v) is 5.75. The van der Waals surface area contributed by atoms with E-state index in [4.69, 9.17) is 0 Å². The summed E-state index contributed by atoms with van der Waals surface area (Å²) in [5.41, 5.74) is 0.503. The molecule has 0 spiro atoms. The standard InChI is InChI=1S/C11H14N4O/c16-11-8-6-12-15-10(8)13-9(14-11)5-7-3-1-2-4-7/h6-7H,1-5H2,(H2,12,13,14,15,16). The van der Waals surface area contributed by atoms with Gasteiger partial charge < -0.3 is 4.98 Å². The first-order chi connectivity index (χ1) is 7.83. The molecule has 0 bridgehead atoms. The van der Waals surface area contributed by atoms with Crippen LogP contribution in [0.1, 0.15) is 31.5 Å². The first-order valence-electron chi connectivity index (χ1n) is 5.75. The van der Waals surface area contributed by atoms with Gasteiger partial charge >= 0.3 is 0 Å². The number of aromatic amines is 2. The van der Waals surface area contributed by atoms with Crippen molar-refractivity contribution in [2.24, 2.45) is 5.92 Å². The SMILES string of the molecule is O=c1[nH]c(CC2CCCC2)nc2[nH]ncc12. The minimum Gasteiger partial charge on any atom is -0.310 e. The Hall–Kier alpha value is -1.65. The molecule has 2 aromatic rings. The summed E-state index contributed by atoms with van der Waals surface area (Å²) in [5, 5.41) is 7.11. The zero-order valence-corrected chi connectivity index (χ0v) is 8.99. The van der Waals surface area contributed by atoms with Crippen LogP contribution in [0.15, 0.2) is 11.0 Å². The molecular formula is C11H14N4O. The molecule has 0 amide bonds. The molecule has 1 aliphatic rings. The molecule has 0 aromatic carbocycles. The second kappa shape index (κ2) is 3.73. The number of hydrogen-bond acceptors (Lipinski definition) is 3. The van der Waals surface area contributed by atoms with E-state index in [0.717, 1.165) is 12.2 Å². The maximum atomic E-state index is 11.7. The minimum absolute atomic E-state index is 0.0910. The van der Waals surface area contributed by atoms with Crippen LogP contribution in [0.25, 0.3) is 11.0 Å². The van der Waals surface area contributed by atoms with Gasteiger partial charge in [0.1, 0.15) is 11.2 Å². The molecule has 5 nitrogen and oxygen atoms in total. The highest BCUT2D eigenvalue weighted by molar-refractivity contribution is 5.71. The fourth-order valence-corrected chi connectivity index (χ4v) is 2.48. The van der Waals surface area contributed by atoms with Crippen LogP contribution in [-0.2, 0) is 6.42 Å². The van der Waals surface area contributed by atoms with Crippen LogP contribution in [0.5, 0.6) is 0 Å². The fourth-order valence-electron chi connectivity index (χ4n) is 2.48. The zero-order chi connectivity index (χ0) is 11.0. The summed E-state index contributed by atoms with van der Waals surface area (Å²) in [6.45, 7) is 0. The normalized spacial score (nSPS) is 17.2. The van der Waals surface area contributed by atoms with E-state index in [1.807, 2.05) is 0 Å². The topological polar surface area (TPSA) is 74.4 Å². The molecule has 0 radical (unpaired) electrons.